The monoisotopic (exact) mass is 272 g/mol. The Balaban J connectivity index is 2.04. The van der Waals surface area contributed by atoms with Crippen molar-refractivity contribution < 1.29 is 13.5 Å². The fourth-order valence-corrected chi connectivity index (χ4v) is 3.27. The van der Waals surface area contributed by atoms with Crippen LogP contribution in [0.15, 0.2) is 17.2 Å². The van der Waals surface area contributed by atoms with Gasteiger partial charge in [0.25, 0.3) is 0 Å². The molecular formula is C12H20N2O3S. The lowest BCUT2D eigenvalue weighted by Gasteiger charge is -2.10. The first-order valence-corrected chi connectivity index (χ1v) is 7.68. The van der Waals surface area contributed by atoms with E-state index in [9.17, 15) is 8.42 Å². The highest BCUT2D eigenvalue weighted by Gasteiger charge is 2.29. The maximum Gasteiger partial charge on any atom is 0.242 e. The van der Waals surface area contributed by atoms with Gasteiger partial charge in [-0.1, -0.05) is 6.92 Å². The average molecular weight is 272 g/mol. The van der Waals surface area contributed by atoms with Crippen LogP contribution in [0, 0.1) is 11.8 Å². The Morgan fingerprint density at radius 3 is 2.72 bits per heavy atom. The fourth-order valence-electron chi connectivity index (χ4n) is 2.04. The van der Waals surface area contributed by atoms with Crippen LogP contribution < -0.4 is 4.72 Å². The lowest BCUT2D eigenvalue weighted by Crippen LogP contribution is -2.28. The molecule has 1 heterocycles. The first-order valence-electron chi connectivity index (χ1n) is 6.20. The quantitative estimate of drug-likeness (QED) is 0.806. The normalized spacial score (nSPS) is 17.9. The van der Waals surface area contributed by atoms with Gasteiger partial charge in [-0.2, -0.15) is 0 Å². The minimum atomic E-state index is -3.45. The van der Waals surface area contributed by atoms with Crippen molar-refractivity contribution >= 4 is 10.0 Å². The van der Waals surface area contributed by atoms with Crippen molar-refractivity contribution in [3.05, 3.63) is 18.0 Å². The van der Waals surface area contributed by atoms with E-state index in [2.05, 4.69) is 11.6 Å². The summed E-state index contributed by atoms with van der Waals surface area (Å²) in [5.41, 5.74) is 0.589. The van der Waals surface area contributed by atoms with E-state index in [1.54, 1.807) is 11.6 Å². The number of aryl methyl sites for hydroxylation is 1. The number of nitrogens with one attached hydrogen (secondary N) is 1. The van der Waals surface area contributed by atoms with Crippen molar-refractivity contribution in [3.8, 4) is 0 Å². The number of aliphatic hydroxyl groups is 1. The molecule has 1 aliphatic carbocycles. The van der Waals surface area contributed by atoms with Crippen LogP contribution >= 0.6 is 0 Å². The van der Waals surface area contributed by atoms with Crippen molar-refractivity contribution in [1.29, 1.82) is 0 Å². The van der Waals surface area contributed by atoms with Gasteiger partial charge in [0.15, 0.2) is 0 Å². The molecule has 0 aromatic carbocycles. The molecule has 0 aliphatic heterocycles. The molecule has 6 heteroatoms. The molecule has 1 aromatic heterocycles. The van der Waals surface area contributed by atoms with Gasteiger partial charge in [-0.05, 0) is 30.7 Å². The van der Waals surface area contributed by atoms with Gasteiger partial charge in [0, 0.05) is 25.5 Å². The molecule has 1 aromatic rings. The van der Waals surface area contributed by atoms with E-state index < -0.39 is 10.0 Å². The van der Waals surface area contributed by atoms with Crippen LogP contribution in [-0.2, 0) is 23.7 Å². The van der Waals surface area contributed by atoms with Gasteiger partial charge >= 0.3 is 0 Å². The molecule has 18 heavy (non-hydrogen) atoms. The Morgan fingerprint density at radius 1 is 1.56 bits per heavy atom. The van der Waals surface area contributed by atoms with E-state index >= 15 is 0 Å². The topological polar surface area (TPSA) is 71.3 Å². The molecule has 1 atom stereocenters. The largest absolute Gasteiger partial charge is 0.390 e. The minimum absolute atomic E-state index is 0.162. The zero-order valence-corrected chi connectivity index (χ0v) is 11.6. The van der Waals surface area contributed by atoms with Crippen molar-refractivity contribution in [1.82, 2.24) is 9.29 Å². The Kier molecular flexibility index (Phi) is 3.79. The number of hydrogen-bond donors (Lipinski definition) is 2. The summed E-state index contributed by atoms with van der Waals surface area (Å²) in [5, 5.41) is 9.06. The molecular weight excluding hydrogens is 252 g/mol. The average Bonchev–Trinajstić information content (AvgIpc) is 3.09. The summed E-state index contributed by atoms with van der Waals surface area (Å²) in [7, 11) is -1.74. The van der Waals surface area contributed by atoms with Crippen LogP contribution in [0.1, 0.15) is 25.5 Å². The molecule has 2 rings (SSSR count). The van der Waals surface area contributed by atoms with Gasteiger partial charge in [-0.15, -0.1) is 0 Å². The molecule has 1 fully saturated rings. The predicted octanol–water partition coefficient (Wildman–Crippen LogP) is 0.842. The molecule has 1 saturated carbocycles. The summed E-state index contributed by atoms with van der Waals surface area (Å²) in [4.78, 5) is 0.219. The van der Waals surface area contributed by atoms with E-state index in [1.165, 1.54) is 25.1 Å². The Hall–Kier alpha value is -0.850. The SMILES string of the molecule is CC(CNS(=O)(=O)c1cc(CO)n(C)c1)C1CC1. The van der Waals surface area contributed by atoms with Crippen molar-refractivity contribution in [3.63, 3.8) is 0 Å². The van der Waals surface area contributed by atoms with Gasteiger partial charge in [0.1, 0.15) is 0 Å². The highest BCUT2D eigenvalue weighted by molar-refractivity contribution is 7.89. The summed E-state index contributed by atoms with van der Waals surface area (Å²) in [5.74, 6) is 1.07. The molecule has 1 unspecified atom stereocenters. The third-order valence-corrected chi connectivity index (χ3v) is 4.97. The Morgan fingerprint density at radius 2 is 2.22 bits per heavy atom. The summed E-state index contributed by atoms with van der Waals surface area (Å²) < 4.78 is 28.4. The molecule has 102 valence electrons. The number of sulfonamides is 1. The van der Waals surface area contributed by atoms with Crippen LogP contribution in [0.3, 0.4) is 0 Å². The maximum atomic E-state index is 12.1. The fraction of sp³-hybridized carbons (Fsp3) is 0.667. The zero-order valence-electron chi connectivity index (χ0n) is 10.8. The highest BCUT2D eigenvalue weighted by Crippen LogP contribution is 2.36. The zero-order chi connectivity index (χ0) is 13.3. The minimum Gasteiger partial charge on any atom is -0.390 e. The number of rotatable bonds is 6. The Bertz CT molecular complexity index is 517. The molecule has 2 N–H and O–H groups in total. The lowest BCUT2D eigenvalue weighted by atomic mass is 10.1. The Labute approximate surface area is 108 Å². The number of aliphatic hydroxyl groups excluding tert-OH is 1. The third kappa shape index (κ3) is 2.93. The van der Waals surface area contributed by atoms with E-state index in [0.717, 1.165) is 0 Å². The standard InChI is InChI=1S/C12H20N2O3S/c1-9(10-3-4-10)6-13-18(16,17)12-5-11(8-15)14(2)7-12/h5,7,9-10,13,15H,3-4,6,8H2,1-2H3. The van der Waals surface area contributed by atoms with E-state index in [0.29, 0.717) is 24.1 Å². The molecule has 0 amide bonds. The van der Waals surface area contributed by atoms with Crippen molar-refractivity contribution in [2.45, 2.75) is 31.3 Å². The lowest BCUT2D eigenvalue weighted by molar-refractivity contribution is 0.272. The molecule has 5 nitrogen and oxygen atoms in total. The van der Waals surface area contributed by atoms with Gasteiger partial charge in [-0.25, -0.2) is 13.1 Å². The molecule has 0 spiro atoms. The summed E-state index contributed by atoms with van der Waals surface area (Å²) in [6.07, 6.45) is 3.95. The third-order valence-electron chi connectivity index (χ3n) is 3.58. The molecule has 0 saturated heterocycles. The highest BCUT2D eigenvalue weighted by atomic mass is 32.2. The van der Waals surface area contributed by atoms with E-state index in [1.807, 2.05) is 0 Å². The second-order valence-electron chi connectivity index (χ2n) is 5.10. The molecule has 0 radical (unpaired) electrons. The first kappa shape index (κ1) is 13.6. The molecule has 0 bridgehead atoms. The first-order chi connectivity index (χ1) is 8.44. The number of aromatic nitrogens is 1. The summed E-state index contributed by atoms with van der Waals surface area (Å²) in [6, 6.07) is 1.50. The maximum absolute atomic E-state index is 12.1. The second kappa shape index (κ2) is 5.03. The van der Waals surface area contributed by atoms with Crippen LogP contribution in [0.4, 0.5) is 0 Å². The molecule has 1 aliphatic rings. The van der Waals surface area contributed by atoms with E-state index in [-0.39, 0.29) is 11.5 Å². The number of hydrogen-bond acceptors (Lipinski definition) is 3. The van der Waals surface area contributed by atoms with Crippen LogP contribution in [0.5, 0.6) is 0 Å². The van der Waals surface area contributed by atoms with Crippen LogP contribution in [0.2, 0.25) is 0 Å². The van der Waals surface area contributed by atoms with Gasteiger partial charge in [0.2, 0.25) is 10.0 Å². The summed E-state index contributed by atoms with van der Waals surface area (Å²) in [6.45, 7) is 2.39. The van der Waals surface area contributed by atoms with Crippen molar-refractivity contribution in [2.75, 3.05) is 6.54 Å². The predicted molar refractivity (Wildman–Crippen MR) is 68.4 cm³/mol. The van der Waals surface area contributed by atoms with Gasteiger partial charge in [-0.3, -0.25) is 0 Å². The van der Waals surface area contributed by atoms with Gasteiger partial charge < -0.3 is 9.67 Å². The van der Waals surface area contributed by atoms with Crippen LogP contribution in [-0.4, -0.2) is 24.6 Å². The summed E-state index contributed by atoms with van der Waals surface area (Å²) >= 11 is 0. The number of nitrogens with zero attached hydrogens (tertiary/aromatic N) is 1. The van der Waals surface area contributed by atoms with E-state index in [4.69, 9.17) is 5.11 Å². The second-order valence-corrected chi connectivity index (χ2v) is 6.87. The smallest absolute Gasteiger partial charge is 0.242 e. The van der Waals surface area contributed by atoms with Crippen LogP contribution in [0.25, 0.3) is 0 Å². The van der Waals surface area contributed by atoms with Gasteiger partial charge in [0.05, 0.1) is 11.5 Å². The van der Waals surface area contributed by atoms with Crippen molar-refractivity contribution in [2.24, 2.45) is 18.9 Å².